The van der Waals surface area contributed by atoms with Gasteiger partial charge >= 0.3 is 5.97 Å². The SMILES string of the molecule is COc1ccc([C@@H]2CC(=O)C3=C(C2)NC(C)=C(C(=O)OC2CCCCC2)[C@H]3c2ccncc2)cc1. The van der Waals surface area contributed by atoms with Gasteiger partial charge in [0.1, 0.15) is 11.9 Å². The van der Waals surface area contributed by atoms with Crippen LogP contribution >= 0.6 is 0 Å². The molecule has 0 unspecified atom stereocenters. The fraction of sp³-hybridized carbons (Fsp3) is 0.414. The minimum Gasteiger partial charge on any atom is -0.497 e. The van der Waals surface area contributed by atoms with Gasteiger partial charge in [-0.3, -0.25) is 9.78 Å². The number of nitrogens with zero attached hydrogens (tertiary/aromatic N) is 1. The van der Waals surface area contributed by atoms with Crippen LogP contribution in [0.2, 0.25) is 0 Å². The quantitative estimate of drug-likeness (QED) is 0.593. The van der Waals surface area contributed by atoms with Gasteiger partial charge in [-0.1, -0.05) is 18.6 Å². The van der Waals surface area contributed by atoms with Gasteiger partial charge in [0.05, 0.1) is 12.7 Å². The van der Waals surface area contributed by atoms with Crippen molar-refractivity contribution >= 4 is 11.8 Å². The summed E-state index contributed by atoms with van der Waals surface area (Å²) in [7, 11) is 1.65. The van der Waals surface area contributed by atoms with Gasteiger partial charge in [-0.2, -0.15) is 0 Å². The summed E-state index contributed by atoms with van der Waals surface area (Å²) < 4.78 is 11.3. The van der Waals surface area contributed by atoms with Crippen LogP contribution in [0.3, 0.4) is 0 Å². The number of pyridine rings is 1. The monoisotopic (exact) mass is 472 g/mol. The van der Waals surface area contributed by atoms with Crippen molar-refractivity contribution in [2.45, 2.75) is 69.8 Å². The second kappa shape index (κ2) is 10.1. The van der Waals surface area contributed by atoms with Crippen LogP contribution in [-0.4, -0.2) is 30.0 Å². The van der Waals surface area contributed by atoms with Crippen LogP contribution in [0, 0.1) is 0 Å². The predicted octanol–water partition coefficient (Wildman–Crippen LogP) is 5.33. The highest BCUT2D eigenvalue weighted by Crippen LogP contribution is 2.46. The molecule has 5 rings (SSSR count). The number of hydrogen-bond donors (Lipinski definition) is 1. The third-order valence-corrected chi connectivity index (χ3v) is 7.50. The number of ether oxygens (including phenoxy) is 2. The molecular formula is C29H32N2O4. The molecule has 2 aromatic rings. The fourth-order valence-electron chi connectivity index (χ4n) is 5.71. The van der Waals surface area contributed by atoms with Gasteiger partial charge in [0.2, 0.25) is 0 Å². The Morgan fingerprint density at radius 3 is 2.37 bits per heavy atom. The number of aromatic nitrogens is 1. The molecule has 1 aliphatic heterocycles. The largest absolute Gasteiger partial charge is 0.497 e. The number of carbonyl (C=O) groups is 2. The molecule has 1 fully saturated rings. The van der Waals surface area contributed by atoms with Crippen LogP contribution in [-0.2, 0) is 14.3 Å². The summed E-state index contributed by atoms with van der Waals surface area (Å²) >= 11 is 0. The van der Waals surface area contributed by atoms with E-state index in [2.05, 4.69) is 10.3 Å². The van der Waals surface area contributed by atoms with Crippen molar-refractivity contribution in [3.8, 4) is 5.75 Å². The highest BCUT2D eigenvalue weighted by atomic mass is 16.5. The number of rotatable bonds is 5. The summed E-state index contributed by atoms with van der Waals surface area (Å²) in [5, 5.41) is 3.44. The Balaban J connectivity index is 1.49. The Labute approximate surface area is 206 Å². The molecule has 1 saturated carbocycles. The Hall–Kier alpha value is -3.41. The van der Waals surface area contributed by atoms with Crippen LogP contribution in [0.4, 0.5) is 0 Å². The lowest BCUT2D eigenvalue weighted by Crippen LogP contribution is -2.37. The summed E-state index contributed by atoms with van der Waals surface area (Å²) in [6, 6.07) is 11.7. The Morgan fingerprint density at radius 2 is 1.69 bits per heavy atom. The average molecular weight is 473 g/mol. The molecule has 1 aromatic carbocycles. The van der Waals surface area contributed by atoms with Gasteiger partial charge in [-0.05, 0) is 80.3 Å². The number of allylic oxidation sites excluding steroid dienone is 3. The molecule has 2 heterocycles. The number of ketones is 1. The van der Waals surface area contributed by atoms with Gasteiger partial charge in [-0.15, -0.1) is 0 Å². The van der Waals surface area contributed by atoms with E-state index >= 15 is 0 Å². The van der Waals surface area contributed by atoms with Crippen molar-refractivity contribution in [1.82, 2.24) is 10.3 Å². The number of nitrogens with one attached hydrogen (secondary N) is 1. The van der Waals surface area contributed by atoms with E-state index < -0.39 is 5.92 Å². The standard InChI is InChI=1S/C29H32N2O4/c1-18-26(29(33)35-23-6-4-3-5-7-23)27(20-12-14-30-15-13-20)28-24(31-18)16-21(17-25(28)32)19-8-10-22(34-2)11-9-19/h8-15,21,23,27,31H,3-7,16-17H2,1-2H3/t21-,27+/m0/s1. The maximum atomic E-state index is 13.7. The third kappa shape index (κ3) is 4.75. The molecule has 6 heteroatoms. The molecule has 35 heavy (non-hydrogen) atoms. The first-order chi connectivity index (χ1) is 17.0. The molecule has 0 radical (unpaired) electrons. The molecule has 2 atom stereocenters. The van der Waals surface area contributed by atoms with Crippen molar-refractivity contribution < 1.29 is 19.1 Å². The number of dihydropyridines is 1. The topological polar surface area (TPSA) is 77.5 Å². The van der Waals surface area contributed by atoms with Crippen molar-refractivity contribution in [3.63, 3.8) is 0 Å². The zero-order valence-electron chi connectivity index (χ0n) is 20.4. The molecular weight excluding hydrogens is 440 g/mol. The molecule has 1 N–H and O–H groups in total. The zero-order chi connectivity index (χ0) is 24.4. The van der Waals surface area contributed by atoms with E-state index in [0.717, 1.165) is 54.0 Å². The Morgan fingerprint density at radius 1 is 0.971 bits per heavy atom. The van der Waals surface area contributed by atoms with Gasteiger partial charge in [0.25, 0.3) is 0 Å². The molecule has 6 nitrogen and oxygen atoms in total. The first-order valence-corrected chi connectivity index (χ1v) is 12.5. The van der Waals surface area contributed by atoms with Crippen LogP contribution in [0.25, 0.3) is 0 Å². The molecule has 2 aliphatic carbocycles. The van der Waals surface area contributed by atoms with Gasteiger partial charge < -0.3 is 14.8 Å². The fourth-order valence-corrected chi connectivity index (χ4v) is 5.71. The summed E-state index contributed by atoms with van der Waals surface area (Å²) in [4.78, 5) is 31.3. The Kier molecular flexibility index (Phi) is 6.71. The lowest BCUT2D eigenvalue weighted by molar-refractivity contribution is -0.146. The first kappa shape index (κ1) is 23.3. The normalized spacial score (nSPS) is 23.0. The minimum atomic E-state index is -0.449. The van der Waals surface area contributed by atoms with E-state index in [9.17, 15) is 9.59 Å². The maximum Gasteiger partial charge on any atom is 0.337 e. The van der Waals surface area contributed by atoms with E-state index in [0.29, 0.717) is 24.0 Å². The summed E-state index contributed by atoms with van der Waals surface area (Å²) in [5.74, 6) is 0.164. The lowest BCUT2D eigenvalue weighted by atomic mass is 9.72. The van der Waals surface area contributed by atoms with E-state index in [1.165, 1.54) is 6.42 Å². The number of Topliss-reactive ketones (excluding diaryl/α,β-unsaturated/α-hetero) is 1. The summed E-state index contributed by atoms with van der Waals surface area (Å²) in [5.41, 5.74) is 4.88. The first-order valence-electron chi connectivity index (χ1n) is 12.5. The van der Waals surface area contributed by atoms with E-state index in [1.807, 2.05) is 43.3 Å². The second-order valence-electron chi connectivity index (χ2n) is 9.74. The van der Waals surface area contributed by atoms with Crippen LogP contribution < -0.4 is 10.1 Å². The number of hydrogen-bond acceptors (Lipinski definition) is 6. The summed E-state index contributed by atoms with van der Waals surface area (Å²) in [6.45, 7) is 1.91. The van der Waals surface area contributed by atoms with Crippen molar-refractivity contribution in [1.29, 1.82) is 0 Å². The van der Waals surface area contributed by atoms with Gasteiger partial charge in [-0.25, -0.2) is 4.79 Å². The third-order valence-electron chi connectivity index (χ3n) is 7.50. The van der Waals surface area contributed by atoms with Crippen molar-refractivity contribution in [3.05, 3.63) is 82.5 Å². The zero-order valence-corrected chi connectivity index (χ0v) is 20.4. The van der Waals surface area contributed by atoms with E-state index in [1.54, 1.807) is 19.5 Å². The predicted molar refractivity (Wildman–Crippen MR) is 133 cm³/mol. The number of carbonyl (C=O) groups excluding carboxylic acids is 2. The van der Waals surface area contributed by atoms with Crippen LogP contribution in [0.5, 0.6) is 5.75 Å². The molecule has 0 spiro atoms. The van der Waals surface area contributed by atoms with Gasteiger partial charge in [0.15, 0.2) is 5.78 Å². The highest BCUT2D eigenvalue weighted by Gasteiger charge is 2.41. The molecule has 0 amide bonds. The number of methoxy groups -OCH3 is 1. The number of esters is 1. The highest BCUT2D eigenvalue weighted by molar-refractivity contribution is 6.04. The molecule has 3 aliphatic rings. The smallest absolute Gasteiger partial charge is 0.337 e. The van der Waals surface area contributed by atoms with Crippen LogP contribution in [0.1, 0.15) is 74.8 Å². The van der Waals surface area contributed by atoms with Gasteiger partial charge in [0, 0.05) is 41.7 Å². The Bertz CT molecular complexity index is 1160. The average Bonchev–Trinajstić information content (AvgIpc) is 2.88. The second-order valence-corrected chi connectivity index (χ2v) is 9.74. The number of benzene rings is 1. The van der Waals surface area contributed by atoms with E-state index in [4.69, 9.17) is 9.47 Å². The maximum absolute atomic E-state index is 13.7. The molecule has 0 saturated heterocycles. The van der Waals surface area contributed by atoms with Crippen molar-refractivity contribution in [2.24, 2.45) is 0 Å². The lowest BCUT2D eigenvalue weighted by Gasteiger charge is -2.37. The van der Waals surface area contributed by atoms with E-state index in [-0.39, 0.29) is 23.8 Å². The minimum absolute atomic E-state index is 0.0495. The van der Waals surface area contributed by atoms with Crippen molar-refractivity contribution in [2.75, 3.05) is 7.11 Å². The molecule has 182 valence electrons. The summed E-state index contributed by atoms with van der Waals surface area (Å²) in [6.07, 6.45) is 9.66. The van der Waals surface area contributed by atoms with Crippen LogP contribution in [0.15, 0.2) is 71.3 Å². The molecule has 0 bridgehead atoms. The molecule has 1 aromatic heterocycles.